The molecular weight excluding hydrogens is 248 g/mol. The summed E-state index contributed by atoms with van der Waals surface area (Å²) >= 11 is 0. The number of aryl methyl sites for hydroxylation is 2. The first-order valence-electron chi connectivity index (χ1n) is 7.32. The van der Waals surface area contributed by atoms with Crippen molar-refractivity contribution in [1.29, 1.82) is 0 Å². The molecule has 2 heterocycles. The zero-order valence-electron chi connectivity index (χ0n) is 11.4. The van der Waals surface area contributed by atoms with Gasteiger partial charge >= 0.3 is 0 Å². The third-order valence-corrected chi connectivity index (χ3v) is 4.19. The molecule has 2 aliphatic rings. The molecule has 102 valence electrons. The Bertz CT molecular complexity index is 617. The van der Waals surface area contributed by atoms with E-state index in [-0.39, 0.29) is 0 Å². The zero-order valence-corrected chi connectivity index (χ0v) is 11.4. The summed E-state index contributed by atoms with van der Waals surface area (Å²) in [5.41, 5.74) is 5.11. The number of nitrogens with one attached hydrogen (secondary N) is 2. The third-order valence-electron chi connectivity index (χ3n) is 4.19. The van der Waals surface area contributed by atoms with Crippen molar-refractivity contribution >= 4 is 5.82 Å². The van der Waals surface area contributed by atoms with Crippen molar-refractivity contribution in [3.05, 3.63) is 41.5 Å². The van der Waals surface area contributed by atoms with Crippen LogP contribution in [0.2, 0.25) is 0 Å². The SMILES string of the molecule is c1cc2c(cc1-c1ccc(NC3CNC3)nn1)CCC2. The Hall–Kier alpha value is -1.94. The molecule has 0 bridgehead atoms. The van der Waals surface area contributed by atoms with Gasteiger partial charge in [-0.3, -0.25) is 0 Å². The number of rotatable bonds is 3. The van der Waals surface area contributed by atoms with Crippen molar-refractivity contribution in [2.75, 3.05) is 18.4 Å². The number of aromatic nitrogens is 2. The van der Waals surface area contributed by atoms with Crippen LogP contribution in [0.15, 0.2) is 30.3 Å². The Morgan fingerprint density at radius 2 is 1.90 bits per heavy atom. The van der Waals surface area contributed by atoms with Gasteiger partial charge < -0.3 is 10.6 Å². The highest BCUT2D eigenvalue weighted by Gasteiger charge is 2.17. The number of fused-ring (bicyclic) bond motifs is 1. The Kier molecular flexibility index (Phi) is 2.89. The first-order chi connectivity index (χ1) is 9.88. The summed E-state index contributed by atoms with van der Waals surface area (Å²) in [7, 11) is 0. The summed E-state index contributed by atoms with van der Waals surface area (Å²) in [6.07, 6.45) is 3.70. The van der Waals surface area contributed by atoms with Gasteiger partial charge in [0.2, 0.25) is 0 Å². The summed E-state index contributed by atoms with van der Waals surface area (Å²) in [4.78, 5) is 0. The van der Waals surface area contributed by atoms with Crippen LogP contribution in [-0.4, -0.2) is 29.3 Å². The van der Waals surface area contributed by atoms with Gasteiger partial charge in [-0.25, -0.2) is 0 Å². The predicted molar refractivity (Wildman–Crippen MR) is 79.8 cm³/mol. The average molecular weight is 266 g/mol. The quantitative estimate of drug-likeness (QED) is 0.892. The van der Waals surface area contributed by atoms with Crippen LogP contribution in [0.25, 0.3) is 11.3 Å². The molecule has 1 aromatic carbocycles. The number of hydrogen-bond acceptors (Lipinski definition) is 4. The van der Waals surface area contributed by atoms with Crippen molar-refractivity contribution in [2.24, 2.45) is 0 Å². The lowest BCUT2D eigenvalue weighted by atomic mass is 10.0. The molecule has 2 aromatic rings. The summed E-state index contributed by atoms with van der Waals surface area (Å²) in [6, 6.07) is 11.2. The lowest BCUT2D eigenvalue weighted by Gasteiger charge is -2.28. The molecule has 20 heavy (non-hydrogen) atoms. The molecule has 4 nitrogen and oxygen atoms in total. The maximum Gasteiger partial charge on any atom is 0.148 e. The minimum Gasteiger partial charge on any atom is -0.363 e. The standard InChI is InChI=1S/C16H18N4/c1-2-11-4-5-13(8-12(11)3-1)15-6-7-16(20-19-15)18-14-9-17-10-14/h4-8,14,17H,1-3,9-10H2,(H,18,20). The van der Waals surface area contributed by atoms with E-state index >= 15 is 0 Å². The van der Waals surface area contributed by atoms with E-state index < -0.39 is 0 Å². The highest BCUT2D eigenvalue weighted by atomic mass is 15.2. The second-order valence-corrected chi connectivity index (χ2v) is 5.64. The molecule has 0 saturated carbocycles. The highest BCUT2D eigenvalue weighted by molar-refractivity contribution is 5.62. The van der Waals surface area contributed by atoms with Crippen LogP contribution in [0, 0.1) is 0 Å². The summed E-state index contributed by atoms with van der Waals surface area (Å²) < 4.78 is 0. The fourth-order valence-corrected chi connectivity index (χ4v) is 2.89. The number of benzene rings is 1. The number of anilines is 1. The average Bonchev–Trinajstić information content (AvgIpc) is 2.91. The van der Waals surface area contributed by atoms with Crippen LogP contribution in [-0.2, 0) is 12.8 Å². The van der Waals surface area contributed by atoms with E-state index in [0.29, 0.717) is 6.04 Å². The maximum absolute atomic E-state index is 4.35. The smallest absolute Gasteiger partial charge is 0.148 e. The molecule has 0 amide bonds. The van der Waals surface area contributed by atoms with Gasteiger partial charge in [0.05, 0.1) is 11.7 Å². The van der Waals surface area contributed by atoms with E-state index in [1.165, 1.54) is 36.0 Å². The molecule has 0 atom stereocenters. The van der Waals surface area contributed by atoms with Crippen molar-refractivity contribution in [1.82, 2.24) is 15.5 Å². The van der Waals surface area contributed by atoms with Gasteiger partial charge in [0.1, 0.15) is 5.82 Å². The van der Waals surface area contributed by atoms with Gasteiger partial charge in [-0.2, -0.15) is 0 Å². The van der Waals surface area contributed by atoms with E-state index in [1.54, 1.807) is 0 Å². The normalized spacial score (nSPS) is 17.6. The molecule has 1 fully saturated rings. The molecule has 0 unspecified atom stereocenters. The van der Waals surface area contributed by atoms with E-state index in [9.17, 15) is 0 Å². The van der Waals surface area contributed by atoms with Crippen LogP contribution in [0.3, 0.4) is 0 Å². The van der Waals surface area contributed by atoms with Crippen LogP contribution in [0.4, 0.5) is 5.82 Å². The van der Waals surface area contributed by atoms with E-state index in [2.05, 4.69) is 45.1 Å². The predicted octanol–water partition coefficient (Wildman–Crippen LogP) is 2.02. The maximum atomic E-state index is 4.35. The molecular formula is C16H18N4. The van der Waals surface area contributed by atoms with Crippen molar-refractivity contribution < 1.29 is 0 Å². The van der Waals surface area contributed by atoms with Gasteiger partial charge in [0.25, 0.3) is 0 Å². The lowest BCUT2D eigenvalue weighted by Crippen LogP contribution is -2.51. The highest BCUT2D eigenvalue weighted by Crippen LogP contribution is 2.27. The summed E-state index contributed by atoms with van der Waals surface area (Å²) in [6.45, 7) is 2.02. The molecule has 4 rings (SSSR count). The van der Waals surface area contributed by atoms with Gasteiger partial charge in [-0.05, 0) is 48.6 Å². The van der Waals surface area contributed by atoms with Crippen LogP contribution >= 0.6 is 0 Å². The van der Waals surface area contributed by atoms with Crippen LogP contribution < -0.4 is 10.6 Å². The molecule has 0 spiro atoms. The van der Waals surface area contributed by atoms with E-state index in [1.807, 2.05) is 6.07 Å². The first kappa shape index (κ1) is 11.9. The number of nitrogens with zero attached hydrogens (tertiary/aromatic N) is 2. The first-order valence-corrected chi connectivity index (χ1v) is 7.32. The van der Waals surface area contributed by atoms with Crippen molar-refractivity contribution in [3.8, 4) is 11.3 Å². The van der Waals surface area contributed by atoms with Gasteiger partial charge in [-0.15, -0.1) is 10.2 Å². The molecule has 4 heteroatoms. The minimum atomic E-state index is 0.496. The topological polar surface area (TPSA) is 49.8 Å². The fraction of sp³-hybridized carbons (Fsp3) is 0.375. The molecule has 2 N–H and O–H groups in total. The monoisotopic (exact) mass is 266 g/mol. The van der Waals surface area contributed by atoms with Gasteiger partial charge in [0.15, 0.2) is 0 Å². The van der Waals surface area contributed by atoms with Gasteiger partial charge in [0, 0.05) is 18.7 Å². The van der Waals surface area contributed by atoms with E-state index in [0.717, 1.165) is 24.6 Å². The van der Waals surface area contributed by atoms with Gasteiger partial charge in [-0.1, -0.05) is 12.1 Å². The zero-order chi connectivity index (χ0) is 13.4. The molecule has 1 aliphatic carbocycles. The van der Waals surface area contributed by atoms with E-state index in [4.69, 9.17) is 0 Å². The van der Waals surface area contributed by atoms with Crippen LogP contribution in [0.1, 0.15) is 17.5 Å². The molecule has 1 saturated heterocycles. The summed E-state index contributed by atoms with van der Waals surface area (Å²) in [5.74, 6) is 0.862. The molecule has 1 aromatic heterocycles. The third kappa shape index (κ3) is 2.16. The summed E-state index contributed by atoms with van der Waals surface area (Å²) in [5, 5.41) is 15.2. The molecule has 1 aliphatic heterocycles. The minimum absolute atomic E-state index is 0.496. The Labute approximate surface area is 118 Å². The van der Waals surface area contributed by atoms with Crippen LogP contribution in [0.5, 0.6) is 0 Å². The Morgan fingerprint density at radius 3 is 2.65 bits per heavy atom. The van der Waals surface area contributed by atoms with Crippen molar-refractivity contribution in [3.63, 3.8) is 0 Å². The Morgan fingerprint density at radius 1 is 1.00 bits per heavy atom. The Balaban J connectivity index is 1.55. The molecule has 0 radical (unpaired) electrons. The lowest BCUT2D eigenvalue weighted by molar-refractivity contribution is 0.470. The second-order valence-electron chi connectivity index (χ2n) is 5.64. The second kappa shape index (κ2) is 4.87. The number of hydrogen-bond donors (Lipinski definition) is 2. The fourth-order valence-electron chi connectivity index (χ4n) is 2.89. The largest absolute Gasteiger partial charge is 0.363 e. The van der Waals surface area contributed by atoms with Crippen molar-refractivity contribution in [2.45, 2.75) is 25.3 Å².